The first-order valence-corrected chi connectivity index (χ1v) is 5.97. The maximum absolute atomic E-state index is 11.4. The van der Waals surface area contributed by atoms with Crippen LogP contribution in [0.2, 0.25) is 0 Å². The highest BCUT2D eigenvalue weighted by atomic mass is 16.1. The SMILES string of the molecule is CCCCCn1c(C(N)=O)cc2ccncc21. The van der Waals surface area contributed by atoms with E-state index in [1.165, 1.54) is 0 Å². The molecule has 2 N–H and O–H groups in total. The Kier molecular flexibility index (Phi) is 3.42. The number of amides is 1. The van der Waals surface area contributed by atoms with Crippen molar-refractivity contribution in [2.45, 2.75) is 32.7 Å². The first kappa shape index (κ1) is 11.6. The van der Waals surface area contributed by atoms with Crippen molar-refractivity contribution in [3.63, 3.8) is 0 Å². The topological polar surface area (TPSA) is 60.9 Å². The first-order chi connectivity index (χ1) is 8.24. The largest absolute Gasteiger partial charge is 0.364 e. The van der Waals surface area contributed by atoms with Crippen molar-refractivity contribution < 1.29 is 4.79 Å². The second-order valence-corrected chi connectivity index (χ2v) is 4.19. The van der Waals surface area contributed by atoms with E-state index in [0.717, 1.165) is 36.7 Å². The molecule has 0 aliphatic carbocycles. The van der Waals surface area contributed by atoms with Gasteiger partial charge in [0.25, 0.3) is 5.91 Å². The van der Waals surface area contributed by atoms with Gasteiger partial charge < -0.3 is 10.3 Å². The lowest BCUT2D eigenvalue weighted by atomic mass is 10.2. The molecule has 2 rings (SSSR count). The van der Waals surface area contributed by atoms with E-state index in [1.807, 2.05) is 16.7 Å². The zero-order valence-electron chi connectivity index (χ0n) is 10.0. The molecule has 0 fully saturated rings. The molecule has 17 heavy (non-hydrogen) atoms. The molecule has 2 heterocycles. The molecule has 2 aromatic heterocycles. The number of nitrogens with two attached hydrogens (primary N) is 1. The van der Waals surface area contributed by atoms with Crippen LogP contribution in [0.1, 0.15) is 36.7 Å². The molecular weight excluding hydrogens is 214 g/mol. The van der Waals surface area contributed by atoms with Crippen molar-refractivity contribution in [3.05, 3.63) is 30.2 Å². The number of aromatic nitrogens is 2. The molecular formula is C13H17N3O. The Bertz CT molecular complexity index is 530. The molecule has 1 amide bonds. The lowest BCUT2D eigenvalue weighted by Crippen LogP contribution is -2.17. The van der Waals surface area contributed by atoms with E-state index in [4.69, 9.17) is 5.73 Å². The summed E-state index contributed by atoms with van der Waals surface area (Å²) < 4.78 is 1.97. The quantitative estimate of drug-likeness (QED) is 0.803. The Morgan fingerprint density at radius 3 is 3.00 bits per heavy atom. The third-order valence-electron chi connectivity index (χ3n) is 2.94. The van der Waals surface area contributed by atoms with E-state index >= 15 is 0 Å². The van der Waals surface area contributed by atoms with Gasteiger partial charge in [-0.15, -0.1) is 0 Å². The number of pyridine rings is 1. The van der Waals surface area contributed by atoms with Crippen LogP contribution in [0.5, 0.6) is 0 Å². The molecule has 0 unspecified atom stereocenters. The second kappa shape index (κ2) is 4.99. The molecule has 0 aromatic carbocycles. The zero-order valence-corrected chi connectivity index (χ0v) is 10.0. The smallest absolute Gasteiger partial charge is 0.265 e. The van der Waals surface area contributed by atoms with Gasteiger partial charge in [-0.3, -0.25) is 9.78 Å². The average Bonchev–Trinajstić information content (AvgIpc) is 2.69. The van der Waals surface area contributed by atoms with Gasteiger partial charge in [-0.05, 0) is 18.6 Å². The van der Waals surface area contributed by atoms with Crippen LogP contribution in [0.3, 0.4) is 0 Å². The number of fused-ring (bicyclic) bond motifs is 1. The molecule has 90 valence electrons. The monoisotopic (exact) mass is 231 g/mol. The van der Waals surface area contributed by atoms with Crippen LogP contribution in [0.4, 0.5) is 0 Å². The fraction of sp³-hybridized carbons (Fsp3) is 0.385. The standard InChI is InChI=1S/C13H17N3O/c1-2-3-4-7-16-11(13(14)17)8-10-5-6-15-9-12(10)16/h5-6,8-9H,2-4,7H2,1H3,(H2,14,17). The summed E-state index contributed by atoms with van der Waals surface area (Å²) in [6.07, 6.45) is 6.87. The first-order valence-electron chi connectivity index (χ1n) is 5.97. The zero-order chi connectivity index (χ0) is 12.3. The van der Waals surface area contributed by atoms with Gasteiger partial charge in [0, 0.05) is 18.1 Å². The molecule has 0 saturated carbocycles. The van der Waals surface area contributed by atoms with Crippen LogP contribution in [0.15, 0.2) is 24.5 Å². The van der Waals surface area contributed by atoms with Gasteiger partial charge in [-0.1, -0.05) is 19.8 Å². The molecule has 4 heteroatoms. The van der Waals surface area contributed by atoms with Gasteiger partial charge in [-0.2, -0.15) is 0 Å². The van der Waals surface area contributed by atoms with E-state index in [1.54, 1.807) is 12.4 Å². The van der Waals surface area contributed by atoms with Crippen LogP contribution in [-0.2, 0) is 6.54 Å². The number of hydrogen-bond acceptors (Lipinski definition) is 2. The minimum atomic E-state index is -0.377. The average molecular weight is 231 g/mol. The summed E-state index contributed by atoms with van der Waals surface area (Å²) in [6.45, 7) is 2.98. The molecule has 0 aliphatic heterocycles. The number of aryl methyl sites for hydroxylation is 1. The van der Waals surface area contributed by atoms with Gasteiger partial charge in [0.2, 0.25) is 0 Å². The minimum Gasteiger partial charge on any atom is -0.364 e. The van der Waals surface area contributed by atoms with Gasteiger partial charge >= 0.3 is 0 Å². The van der Waals surface area contributed by atoms with Gasteiger partial charge in [0.05, 0.1) is 11.7 Å². The Balaban J connectivity index is 2.41. The number of unbranched alkanes of at least 4 members (excludes halogenated alkanes) is 2. The van der Waals surface area contributed by atoms with Crippen LogP contribution in [-0.4, -0.2) is 15.5 Å². The number of carbonyl (C=O) groups is 1. The highest BCUT2D eigenvalue weighted by Gasteiger charge is 2.12. The Morgan fingerprint density at radius 2 is 2.29 bits per heavy atom. The summed E-state index contributed by atoms with van der Waals surface area (Å²) in [7, 11) is 0. The molecule has 0 bridgehead atoms. The third kappa shape index (κ3) is 2.30. The number of hydrogen-bond donors (Lipinski definition) is 1. The molecule has 4 nitrogen and oxygen atoms in total. The normalized spacial score (nSPS) is 10.9. The van der Waals surface area contributed by atoms with Crippen molar-refractivity contribution in [3.8, 4) is 0 Å². The summed E-state index contributed by atoms with van der Waals surface area (Å²) in [5.41, 5.74) is 6.96. The maximum atomic E-state index is 11.4. The summed E-state index contributed by atoms with van der Waals surface area (Å²) in [6, 6.07) is 3.74. The summed E-state index contributed by atoms with van der Waals surface area (Å²) in [5, 5.41) is 1.02. The van der Waals surface area contributed by atoms with E-state index in [9.17, 15) is 4.79 Å². The summed E-state index contributed by atoms with van der Waals surface area (Å²) in [4.78, 5) is 15.5. The van der Waals surface area contributed by atoms with E-state index in [-0.39, 0.29) is 5.91 Å². The highest BCUT2D eigenvalue weighted by Crippen LogP contribution is 2.19. The Morgan fingerprint density at radius 1 is 1.47 bits per heavy atom. The molecule has 0 saturated heterocycles. The van der Waals surface area contributed by atoms with Crippen molar-refractivity contribution >= 4 is 16.8 Å². The van der Waals surface area contributed by atoms with E-state index in [0.29, 0.717) is 5.69 Å². The van der Waals surface area contributed by atoms with E-state index in [2.05, 4.69) is 11.9 Å². The van der Waals surface area contributed by atoms with Crippen LogP contribution < -0.4 is 5.73 Å². The molecule has 0 radical (unpaired) electrons. The Labute approximate surface area is 100 Å². The molecule has 2 aromatic rings. The fourth-order valence-corrected chi connectivity index (χ4v) is 2.06. The third-order valence-corrected chi connectivity index (χ3v) is 2.94. The highest BCUT2D eigenvalue weighted by molar-refractivity contribution is 5.97. The van der Waals surface area contributed by atoms with Crippen LogP contribution >= 0.6 is 0 Å². The lowest BCUT2D eigenvalue weighted by molar-refractivity contribution is 0.0991. The van der Waals surface area contributed by atoms with E-state index < -0.39 is 0 Å². The van der Waals surface area contributed by atoms with Crippen LogP contribution in [0, 0.1) is 0 Å². The van der Waals surface area contributed by atoms with Gasteiger partial charge in [0.1, 0.15) is 5.69 Å². The number of carbonyl (C=O) groups excluding carboxylic acids is 1. The second-order valence-electron chi connectivity index (χ2n) is 4.19. The van der Waals surface area contributed by atoms with Crippen molar-refractivity contribution in [2.24, 2.45) is 5.73 Å². The summed E-state index contributed by atoms with van der Waals surface area (Å²) >= 11 is 0. The molecule has 0 spiro atoms. The predicted molar refractivity (Wildman–Crippen MR) is 67.8 cm³/mol. The number of nitrogens with zero attached hydrogens (tertiary/aromatic N) is 2. The summed E-state index contributed by atoms with van der Waals surface area (Å²) in [5.74, 6) is -0.377. The predicted octanol–water partition coefficient (Wildman–Crippen LogP) is 2.33. The van der Waals surface area contributed by atoms with Crippen LogP contribution in [0.25, 0.3) is 10.9 Å². The number of rotatable bonds is 5. The lowest BCUT2D eigenvalue weighted by Gasteiger charge is -2.07. The van der Waals surface area contributed by atoms with Gasteiger partial charge in [-0.25, -0.2) is 0 Å². The fourth-order valence-electron chi connectivity index (χ4n) is 2.06. The van der Waals surface area contributed by atoms with Gasteiger partial charge in [0.15, 0.2) is 0 Å². The number of primary amides is 1. The maximum Gasteiger partial charge on any atom is 0.265 e. The minimum absolute atomic E-state index is 0.377. The van der Waals surface area contributed by atoms with Crippen molar-refractivity contribution in [1.82, 2.24) is 9.55 Å². The van der Waals surface area contributed by atoms with Crippen molar-refractivity contribution in [1.29, 1.82) is 0 Å². The molecule has 0 atom stereocenters. The Hall–Kier alpha value is -1.84. The van der Waals surface area contributed by atoms with Crippen molar-refractivity contribution in [2.75, 3.05) is 0 Å². The molecule has 0 aliphatic rings.